The van der Waals surface area contributed by atoms with Gasteiger partial charge in [-0.3, -0.25) is 0 Å². The second-order valence-corrected chi connectivity index (χ2v) is 4.25. The molecule has 0 saturated carbocycles. The Labute approximate surface area is 90.4 Å². The molecule has 2 atom stereocenters. The van der Waals surface area contributed by atoms with Crippen molar-refractivity contribution in [2.45, 2.75) is 44.9 Å². The van der Waals surface area contributed by atoms with Crippen LogP contribution in [-0.2, 0) is 11.3 Å². The molecule has 1 aliphatic rings. The quantitative estimate of drug-likeness (QED) is 0.820. The van der Waals surface area contributed by atoms with Crippen LogP contribution in [0.15, 0.2) is 12.5 Å². The first-order valence-electron chi connectivity index (χ1n) is 5.64. The third-order valence-corrected chi connectivity index (χ3v) is 2.89. The number of imidazole rings is 1. The minimum Gasteiger partial charge on any atom is -0.376 e. The standard InChI is InChI=1S/C11H19N3O/c1-9(12)11-6-13-8-14(11)7-10-4-2-3-5-15-10/h6,8-10H,2-5,7,12H2,1H3. The molecule has 2 unspecified atom stereocenters. The summed E-state index contributed by atoms with van der Waals surface area (Å²) in [5.74, 6) is 0. The van der Waals surface area contributed by atoms with Gasteiger partial charge in [-0.05, 0) is 26.2 Å². The molecule has 0 amide bonds. The van der Waals surface area contributed by atoms with Crippen molar-refractivity contribution in [3.05, 3.63) is 18.2 Å². The zero-order chi connectivity index (χ0) is 10.7. The smallest absolute Gasteiger partial charge is 0.0949 e. The fourth-order valence-electron chi connectivity index (χ4n) is 2.03. The summed E-state index contributed by atoms with van der Waals surface area (Å²) in [4.78, 5) is 4.14. The van der Waals surface area contributed by atoms with Crippen LogP contribution in [0.5, 0.6) is 0 Å². The van der Waals surface area contributed by atoms with Crippen LogP contribution in [0.25, 0.3) is 0 Å². The predicted octanol–water partition coefficient (Wildman–Crippen LogP) is 1.47. The van der Waals surface area contributed by atoms with Crippen molar-refractivity contribution >= 4 is 0 Å². The van der Waals surface area contributed by atoms with E-state index in [0.717, 1.165) is 25.3 Å². The number of hydrogen-bond acceptors (Lipinski definition) is 3. The summed E-state index contributed by atoms with van der Waals surface area (Å²) in [5.41, 5.74) is 6.95. The normalized spacial score (nSPS) is 24.0. The number of aromatic nitrogens is 2. The van der Waals surface area contributed by atoms with Crippen LogP contribution in [0, 0.1) is 0 Å². The summed E-state index contributed by atoms with van der Waals surface area (Å²) in [6, 6.07) is 0.0380. The molecule has 84 valence electrons. The zero-order valence-electron chi connectivity index (χ0n) is 9.22. The molecule has 0 spiro atoms. The Morgan fingerprint density at radius 1 is 1.67 bits per heavy atom. The van der Waals surface area contributed by atoms with Crippen molar-refractivity contribution in [2.75, 3.05) is 6.61 Å². The Hall–Kier alpha value is -0.870. The maximum absolute atomic E-state index is 5.86. The van der Waals surface area contributed by atoms with E-state index < -0.39 is 0 Å². The maximum Gasteiger partial charge on any atom is 0.0949 e. The lowest BCUT2D eigenvalue weighted by Gasteiger charge is -2.24. The van der Waals surface area contributed by atoms with E-state index in [1.807, 2.05) is 19.4 Å². The van der Waals surface area contributed by atoms with Gasteiger partial charge in [0.05, 0.1) is 24.7 Å². The van der Waals surface area contributed by atoms with E-state index in [1.54, 1.807) is 0 Å². The molecule has 1 aromatic heterocycles. The van der Waals surface area contributed by atoms with E-state index in [9.17, 15) is 0 Å². The molecule has 0 aromatic carbocycles. The molecule has 1 aliphatic heterocycles. The van der Waals surface area contributed by atoms with Crippen LogP contribution in [-0.4, -0.2) is 22.3 Å². The van der Waals surface area contributed by atoms with Crippen LogP contribution in [0.2, 0.25) is 0 Å². The number of nitrogens with zero attached hydrogens (tertiary/aromatic N) is 2. The van der Waals surface area contributed by atoms with Gasteiger partial charge in [-0.25, -0.2) is 4.98 Å². The van der Waals surface area contributed by atoms with Crippen molar-refractivity contribution < 1.29 is 4.74 Å². The summed E-state index contributed by atoms with van der Waals surface area (Å²) >= 11 is 0. The van der Waals surface area contributed by atoms with Crippen molar-refractivity contribution in [1.82, 2.24) is 9.55 Å². The predicted molar refractivity (Wildman–Crippen MR) is 58.4 cm³/mol. The monoisotopic (exact) mass is 209 g/mol. The molecule has 2 N–H and O–H groups in total. The van der Waals surface area contributed by atoms with Gasteiger partial charge in [0.15, 0.2) is 0 Å². The lowest BCUT2D eigenvalue weighted by molar-refractivity contribution is 0.00547. The molecule has 0 bridgehead atoms. The van der Waals surface area contributed by atoms with Gasteiger partial charge in [0.1, 0.15) is 0 Å². The summed E-state index contributed by atoms with van der Waals surface area (Å²) < 4.78 is 7.81. The summed E-state index contributed by atoms with van der Waals surface area (Å²) in [6.45, 7) is 3.76. The molecule has 15 heavy (non-hydrogen) atoms. The Balaban J connectivity index is 1.99. The van der Waals surface area contributed by atoms with E-state index in [-0.39, 0.29) is 6.04 Å². The molecular formula is C11H19N3O. The molecule has 1 aromatic rings. The largest absolute Gasteiger partial charge is 0.376 e. The molecular weight excluding hydrogens is 190 g/mol. The van der Waals surface area contributed by atoms with Gasteiger partial charge >= 0.3 is 0 Å². The molecule has 4 heteroatoms. The Morgan fingerprint density at radius 2 is 2.53 bits per heavy atom. The van der Waals surface area contributed by atoms with Crippen molar-refractivity contribution in [1.29, 1.82) is 0 Å². The number of hydrogen-bond donors (Lipinski definition) is 1. The number of rotatable bonds is 3. The van der Waals surface area contributed by atoms with Gasteiger partial charge in [-0.2, -0.15) is 0 Å². The Morgan fingerprint density at radius 3 is 3.20 bits per heavy atom. The van der Waals surface area contributed by atoms with Gasteiger partial charge in [-0.15, -0.1) is 0 Å². The van der Waals surface area contributed by atoms with Crippen LogP contribution < -0.4 is 5.73 Å². The van der Waals surface area contributed by atoms with Crippen LogP contribution >= 0.6 is 0 Å². The third kappa shape index (κ3) is 2.58. The second-order valence-electron chi connectivity index (χ2n) is 4.25. The maximum atomic E-state index is 5.86. The molecule has 2 rings (SSSR count). The van der Waals surface area contributed by atoms with Crippen molar-refractivity contribution in [3.63, 3.8) is 0 Å². The minimum absolute atomic E-state index is 0.0380. The number of nitrogens with two attached hydrogens (primary N) is 1. The number of ether oxygens (including phenoxy) is 1. The Bertz CT molecular complexity index is 303. The van der Waals surface area contributed by atoms with Gasteiger partial charge in [0, 0.05) is 18.8 Å². The second kappa shape index (κ2) is 4.77. The molecule has 1 saturated heterocycles. The minimum atomic E-state index is 0.0380. The highest BCUT2D eigenvalue weighted by Crippen LogP contribution is 2.16. The first kappa shape index (κ1) is 10.6. The Kier molecular flexibility index (Phi) is 3.38. The van der Waals surface area contributed by atoms with Crippen LogP contribution in [0.4, 0.5) is 0 Å². The van der Waals surface area contributed by atoms with Crippen molar-refractivity contribution in [2.24, 2.45) is 5.73 Å². The van der Waals surface area contributed by atoms with Crippen LogP contribution in [0.1, 0.15) is 37.9 Å². The van der Waals surface area contributed by atoms with E-state index in [0.29, 0.717) is 6.10 Å². The average Bonchev–Trinajstić information content (AvgIpc) is 2.67. The van der Waals surface area contributed by atoms with E-state index in [4.69, 9.17) is 10.5 Å². The lowest BCUT2D eigenvalue weighted by Crippen LogP contribution is -2.25. The van der Waals surface area contributed by atoms with Crippen molar-refractivity contribution in [3.8, 4) is 0 Å². The molecule has 0 aliphatic carbocycles. The molecule has 1 fully saturated rings. The zero-order valence-corrected chi connectivity index (χ0v) is 9.22. The third-order valence-electron chi connectivity index (χ3n) is 2.89. The molecule has 4 nitrogen and oxygen atoms in total. The van der Waals surface area contributed by atoms with Crippen LogP contribution in [0.3, 0.4) is 0 Å². The highest BCUT2D eigenvalue weighted by molar-refractivity contribution is 5.03. The average molecular weight is 209 g/mol. The highest BCUT2D eigenvalue weighted by Gasteiger charge is 2.16. The summed E-state index contributed by atoms with van der Waals surface area (Å²) in [5, 5.41) is 0. The van der Waals surface area contributed by atoms with E-state index >= 15 is 0 Å². The summed E-state index contributed by atoms with van der Waals surface area (Å²) in [6.07, 6.45) is 7.64. The topological polar surface area (TPSA) is 53.1 Å². The molecule has 2 heterocycles. The first-order chi connectivity index (χ1) is 7.27. The van der Waals surface area contributed by atoms with Gasteiger partial charge < -0.3 is 15.0 Å². The lowest BCUT2D eigenvalue weighted by atomic mass is 10.1. The first-order valence-corrected chi connectivity index (χ1v) is 5.64. The van der Waals surface area contributed by atoms with E-state index in [1.165, 1.54) is 12.8 Å². The summed E-state index contributed by atoms with van der Waals surface area (Å²) in [7, 11) is 0. The highest BCUT2D eigenvalue weighted by atomic mass is 16.5. The molecule has 0 radical (unpaired) electrons. The van der Waals surface area contributed by atoms with Gasteiger partial charge in [0.25, 0.3) is 0 Å². The van der Waals surface area contributed by atoms with E-state index in [2.05, 4.69) is 9.55 Å². The SMILES string of the molecule is CC(N)c1cncn1CC1CCCCO1. The van der Waals surface area contributed by atoms with Gasteiger partial charge in [0.2, 0.25) is 0 Å². The fraction of sp³-hybridized carbons (Fsp3) is 0.727. The fourth-order valence-corrected chi connectivity index (χ4v) is 2.03. The van der Waals surface area contributed by atoms with Gasteiger partial charge in [-0.1, -0.05) is 0 Å².